The third-order valence-electron chi connectivity index (χ3n) is 1.23. The number of hydrogen-bond acceptors (Lipinski definition) is 3. The maximum atomic E-state index is 10.0. The van der Waals surface area contributed by atoms with Crippen molar-refractivity contribution >= 4 is 6.09 Å². The van der Waals surface area contributed by atoms with Crippen molar-refractivity contribution in [1.82, 2.24) is 0 Å². The Hall–Kier alpha value is -0.770. The van der Waals surface area contributed by atoms with Crippen LogP contribution in [0.15, 0.2) is 0 Å². The first kappa shape index (κ1) is 12.2. The van der Waals surface area contributed by atoms with Crippen molar-refractivity contribution in [2.24, 2.45) is 5.73 Å². The Bertz CT molecular complexity index is 140. The molecule has 1 rings (SSSR count). The zero-order chi connectivity index (χ0) is 10.3. The van der Waals surface area contributed by atoms with Crippen molar-refractivity contribution in [3.8, 4) is 0 Å². The van der Waals surface area contributed by atoms with E-state index in [9.17, 15) is 4.79 Å². The molecule has 1 saturated heterocycles. The fourth-order valence-electron chi connectivity index (χ4n) is 0.812. The second kappa shape index (κ2) is 5.80. The number of carbonyl (C=O) groups is 1. The van der Waals surface area contributed by atoms with Gasteiger partial charge < -0.3 is 15.2 Å². The van der Waals surface area contributed by atoms with Crippen molar-refractivity contribution < 1.29 is 14.3 Å². The molecule has 4 nitrogen and oxygen atoms in total. The smallest absolute Gasteiger partial charge is 0.405 e. The molecular formula is C9H19NO3. The molecule has 0 bridgehead atoms. The van der Waals surface area contributed by atoms with E-state index >= 15 is 0 Å². The second-order valence-electron chi connectivity index (χ2n) is 3.85. The van der Waals surface area contributed by atoms with Gasteiger partial charge in [0.25, 0.3) is 0 Å². The van der Waals surface area contributed by atoms with E-state index in [1.165, 1.54) is 12.8 Å². The van der Waals surface area contributed by atoms with Crippen LogP contribution in [-0.2, 0) is 9.47 Å². The van der Waals surface area contributed by atoms with E-state index in [0.29, 0.717) is 0 Å². The Labute approximate surface area is 79.4 Å². The third-order valence-corrected chi connectivity index (χ3v) is 1.23. The Morgan fingerprint density at radius 2 is 1.77 bits per heavy atom. The number of carbonyl (C=O) groups excluding carboxylic acids is 1. The summed E-state index contributed by atoms with van der Waals surface area (Å²) in [5.41, 5.74) is 4.26. The predicted octanol–water partition coefficient (Wildman–Crippen LogP) is 1.68. The van der Waals surface area contributed by atoms with Crippen LogP contribution in [0, 0.1) is 0 Å². The summed E-state index contributed by atoms with van der Waals surface area (Å²) in [6.07, 6.45) is 1.83. The van der Waals surface area contributed by atoms with E-state index < -0.39 is 11.7 Å². The molecule has 1 aliphatic heterocycles. The highest BCUT2D eigenvalue weighted by Gasteiger charge is 2.12. The zero-order valence-electron chi connectivity index (χ0n) is 8.63. The molecule has 0 unspecified atom stereocenters. The minimum Gasteiger partial charge on any atom is -0.444 e. The van der Waals surface area contributed by atoms with Gasteiger partial charge in [-0.1, -0.05) is 0 Å². The molecule has 78 valence electrons. The topological polar surface area (TPSA) is 61.6 Å². The molecule has 0 saturated carbocycles. The monoisotopic (exact) mass is 189 g/mol. The van der Waals surface area contributed by atoms with Crippen LogP contribution in [-0.4, -0.2) is 24.9 Å². The molecule has 1 amide bonds. The molecule has 0 aromatic heterocycles. The van der Waals surface area contributed by atoms with Gasteiger partial charge in [-0.05, 0) is 33.6 Å². The lowest BCUT2D eigenvalue weighted by Gasteiger charge is -2.16. The van der Waals surface area contributed by atoms with Crippen molar-refractivity contribution in [3.63, 3.8) is 0 Å². The van der Waals surface area contributed by atoms with Crippen LogP contribution in [0.25, 0.3) is 0 Å². The molecule has 1 aliphatic rings. The Balaban J connectivity index is 0.000000243. The van der Waals surface area contributed by atoms with Gasteiger partial charge >= 0.3 is 6.09 Å². The highest BCUT2D eigenvalue weighted by Crippen LogP contribution is 2.04. The van der Waals surface area contributed by atoms with Gasteiger partial charge in [-0.2, -0.15) is 0 Å². The molecule has 0 aromatic rings. The molecule has 0 aromatic carbocycles. The summed E-state index contributed by atoms with van der Waals surface area (Å²) in [6, 6.07) is 0. The van der Waals surface area contributed by atoms with E-state index in [1.807, 2.05) is 0 Å². The molecule has 4 heteroatoms. The summed E-state index contributed by atoms with van der Waals surface area (Å²) in [5.74, 6) is 0. The maximum Gasteiger partial charge on any atom is 0.405 e. The van der Waals surface area contributed by atoms with E-state index in [0.717, 1.165) is 13.2 Å². The third kappa shape index (κ3) is 11.2. The summed E-state index contributed by atoms with van der Waals surface area (Å²) >= 11 is 0. The fraction of sp³-hybridized carbons (Fsp3) is 0.889. The van der Waals surface area contributed by atoms with E-state index in [1.54, 1.807) is 20.8 Å². The largest absolute Gasteiger partial charge is 0.444 e. The van der Waals surface area contributed by atoms with Gasteiger partial charge in [-0.15, -0.1) is 0 Å². The molecule has 1 heterocycles. The molecule has 0 aliphatic carbocycles. The van der Waals surface area contributed by atoms with E-state index in [2.05, 4.69) is 4.74 Å². The maximum absolute atomic E-state index is 10.0. The molecular weight excluding hydrogens is 170 g/mol. The SMILES string of the molecule is C1CCOC1.CC(C)(C)OC(N)=O. The molecule has 0 radical (unpaired) electrons. The summed E-state index contributed by atoms with van der Waals surface area (Å²) in [6.45, 7) is 7.28. The van der Waals surface area contributed by atoms with Crippen molar-refractivity contribution in [3.05, 3.63) is 0 Å². The summed E-state index contributed by atoms with van der Waals surface area (Å²) in [4.78, 5) is 10.0. The van der Waals surface area contributed by atoms with Gasteiger partial charge in [0.15, 0.2) is 0 Å². The number of rotatable bonds is 0. The number of hydrogen-bond donors (Lipinski definition) is 1. The molecule has 13 heavy (non-hydrogen) atoms. The standard InChI is InChI=1S/C5H11NO2.C4H8O/c1-5(2,3)8-4(6)7;1-2-4-5-3-1/h1-3H3,(H2,6,7);1-4H2. The average Bonchev–Trinajstić information content (AvgIpc) is 2.33. The summed E-state index contributed by atoms with van der Waals surface area (Å²) < 4.78 is 9.52. The summed E-state index contributed by atoms with van der Waals surface area (Å²) in [5, 5.41) is 0. The van der Waals surface area contributed by atoms with Gasteiger partial charge in [0.05, 0.1) is 0 Å². The van der Waals surface area contributed by atoms with Crippen LogP contribution in [0.2, 0.25) is 0 Å². The zero-order valence-corrected chi connectivity index (χ0v) is 8.63. The first-order valence-electron chi connectivity index (χ1n) is 4.48. The quantitative estimate of drug-likeness (QED) is 0.630. The van der Waals surface area contributed by atoms with Gasteiger partial charge in [-0.3, -0.25) is 0 Å². The fourth-order valence-corrected chi connectivity index (χ4v) is 0.812. The molecule has 0 spiro atoms. The summed E-state index contributed by atoms with van der Waals surface area (Å²) in [7, 11) is 0. The highest BCUT2D eigenvalue weighted by atomic mass is 16.6. The van der Waals surface area contributed by atoms with Crippen LogP contribution in [0.4, 0.5) is 4.79 Å². The molecule has 1 fully saturated rings. The number of amides is 1. The van der Waals surface area contributed by atoms with Crippen LogP contribution in [0.1, 0.15) is 33.6 Å². The second-order valence-corrected chi connectivity index (χ2v) is 3.85. The van der Waals surface area contributed by atoms with Crippen LogP contribution in [0.5, 0.6) is 0 Å². The van der Waals surface area contributed by atoms with Crippen LogP contribution < -0.4 is 5.73 Å². The normalized spacial score (nSPS) is 15.9. The number of primary amides is 1. The predicted molar refractivity (Wildman–Crippen MR) is 50.5 cm³/mol. The van der Waals surface area contributed by atoms with E-state index in [4.69, 9.17) is 10.5 Å². The Morgan fingerprint density at radius 3 is 1.85 bits per heavy atom. The van der Waals surface area contributed by atoms with Crippen molar-refractivity contribution in [2.75, 3.05) is 13.2 Å². The Kier molecular flexibility index (Phi) is 5.46. The molecule has 0 atom stereocenters. The lowest BCUT2D eigenvalue weighted by atomic mass is 10.2. The first-order valence-corrected chi connectivity index (χ1v) is 4.48. The van der Waals surface area contributed by atoms with Gasteiger partial charge in [-0.25, -0.2) is 4.79 Å². The minimum absolute atomic E-state index is 0.453. The number of nitrogens with two attached hydrogens (primary N) is 1. The average molecular weight is 189 g/mol. The molecule has 2 N–H and O–H groups in total. The van der Waals surface area contributed by atoms with E-state index in [-0.39, 0.29) is 0 Å². The highest BCUT2D eigenvalue weighted by molar-refractivity contribution is 5.65. The van der Waals surface area contributed by atoms with Crippen LogP contribution in [0.3, 0.4) is 0 Å². The van der Waals surface area contributed by atoms with Crippen molar-refractivity contribution in [1.29, 1.82) is 0 Å². The number of ether oxygens (including phenoxy) is 2. The minimum atomic E-state index is -0.725. The van der Waals surface area contributed by atoms with Gasteiger partial charge in [0, 0.05) is 13.2 Å². The van der Waals surface area contributed by atoms with Crippen molar-refractivity contribution in [2.45, 2.75) is 39.2 Å². The van der Waals surface area contributed by atoms with Gasteiger partial charge in [0.1, 0.15) is 5.60 Å². The lowest BCUT2D eigenvalue weighted by molar-refractivity contribution is 0.0600. The Morgan fingerprint density at radius 1 is 1.31 bits per heavy atom. The first-order chi connectivity index (χ1) is 5.92. The van der Waals surface area contributed by atoms with Crippen LogP contribution >= 0.6 is 0 Å². The lowest BCUT2D eigenvalue weighted by Crippen LogP contribution is -2.27. The van der Waals surface area contributed by atoms with Gasteiger partial charge in [0.2, 0.25) is 0 Å².